The van der Waals surface area contributed by atoms with Crippen LogP contribution >= 0.6 is 0 Å². The Morgan fingerprint density at radius 1 is 1.14 bits per heavy atom. The minimum absolute atomic E-state index is 0.0580. The summed E-state index contributed by atoms with van der Waals surface area (Å²) in [6, 6.07) is 12.2. The van der Waals surface area contributed by atoms with Gasteiger partial charge in [0, 0.05) is 37.4 Å². The number of hydrogen-bond donors (Lipinski definition) is 0. The molecule has 1 saturated heterocycles. The normalized spacial score (nSPS) is 17.6. The molecule has 1 aromatic heterocycles. The molecule has 1 fully saturated rings. The van der Waals surface area contributed by atoms with Crippen LogP contribution < -0.4 is 9.80 Å². The Balaban J connectivity index is 1.46. The number of nitrogens with zero attached hydrogens (tertiary/aromatic N) is 4. The summed E-state index contributed by atoms with van der Waals surface area (Å²) in [5, 5.41) is 9.09. The zero-order valence-corrected chi connectivity index (χ0v) is 16.4. The van der Waals surface area contributed by atoms with Crippen LogP contribution in [0.3, 0.4) is 0 Å². The van der Waals surface area contributed by atoms with Gasteiger partial charge in [-0.3, -0.25) is 4.79 Å². The molecular formula is C23H26N4O. The Kier molecular flexibility index (Phi) is 5.29. The molecule has 0 bridgehead atoms. The lowest BCUT2D eigenvalue weighted by molar-refractivity contribution is -0.123. The summed E-state index contributed by atoms with van der Waals surface area (Å²) < 4.78 is 0. The maximum atomic E-state index is 13.3. The summed E-state index contributed by atoms with van der Waals surface area (Å²) >= 11 is 0. The highest BCUT2D eigenvalue weighted by Gasteiger charge is 2.31. The van der Waals surface area contributed by atoms with Crippen molar-refractivity contribution in [2.75, 3.05) is 29.4 Å². The summed E-state index contributed by atoms with van der Waals surface area (Å²) in [4.78, 5) is 22.0. The molecule has 5 heteroatoms. The van der Waals surface area contributed by atoms with Crippen LogP contribution in [-0.4, -0.2) is 30.5 Å². The SMILES string of the molecule is Cc1ccc2c(c1)CCCCN2C(=O)C1CCN(c2cc(C#N)ccn2)CC1. The monoisotopic (exact) mass is 374 g/mol. The molecule has 5 nitrogen and oxygen atoms in total. The third kappa shape index (κ3) is 3.73. The first-order chi connectivity index (χ1) is 13.7. The highest BCUT2D eigenvalue weighted by Crippen LogP contribution is 2.31. The summed E-state index contributed by atoms with van der Waals surface area (Å²) in [5.74, 6) is 1.16. The van der Waals surface area contributed by atoms with Crippen LogP contribution in [-0.2, 0) is 11.2 Å². The lowest BCUT2D eigenvalue weighted by Crippen LogP contribution is -2.43. The number of fused-ring (bicyclic) bond motifs is 1. The van der Waals surface area contributed by atoms with Gasteiger partial charge in [0.05, 0.1) is 11.6 Å². The standard InChI is InChI=1S/C23H26N4O/c1-17-5-6-21-20(14-17)4-2-3-11-27(21)23(28)19-8-12-26(13-9-19)22-15-18(16-24)7-10-25-22/h5-7,10,14-15,19H,2-4,8-9,11-13H2,1H3. The second kappa shape index (κ2) is 8.02. The molecule has 2 aliphatic heterocycles. The van der Waals surface area contributed by atoms with Gasteiger partial charge in [-0.05, 0) is 62.8 Å². The highest BCUT2D eigenvalue weighted by atomic mass is 16.2. The molecule has 0 saturated carbocycles. The number of aromatic nitrogens is 1. The van der Waals surface area contributed by atoms with Gasteiger partial charge in [-0.1, -0.05) is 17.7 Å². The first kappa shape index (κ1) is 18.5. The fourth-order valence-electron chi connectivity index (χ4n) is 4.35. The maximum Gasteiger partial charge on any atom is 0.230 e. The van der Waals surface area contributed by atoms with Crippen LogP contribution in [0.15, 0.2) is 36.5 Å². The van der Waals surface area contributed by atoms with Crippen molar-refractivity contribution >= 4 is 17.4 Å². The smallest absolute Gasteiger partial charge is 0.230 e. The van der Waals surface area contributed by atoms with Gasteiger partial charge in [0.2, 0.25) is 5.91 Å². The fourth-order valence-corrected chi connectivity index (χ4v) is 4.35. The van der Waals surface area contributed by atoms with E-state index in [0.717, 1.165) is 63.2 Å². The van der Waals surface area contributed by atoms with Crippen molar-refractivity contribution in [3.8, 4) is 6.07 Å². The molecule has 0 atom stereocenters. The molecule has 2 aromatic rings. The van der Waals surface area contributed by atoms with Gasteiger partial charge >= 0.3 is 0 Å². The average molecular weight is 374 g/mol. The summed E-state index contributed by atoms with van der Waals surface area (Å²) in [6.07, 6.45) is 6.59. The molecule has 0 spiro atoms. The fraction of sp³-hybridized carbons (Fsp3) is 0.435. The topological polar surface area (TPSA) is 60.2 Å². The molecule has 0 radical (unpaired) electrons. The van der Waals surface area contributed by atoms with Crippen LogP contribution in [0, 0.1) is 24.2 Å². The zero-order valence-electron chi connectivity index (χ0n) is 16.4. The Morgan fingerprint density at radius 3 is 2.75 bits per heavy atom. The van der Waals surface area contributed by atoms with Crippen molar-refractivity contribution < 1.29 is 4.79 Å². The van der Waals surface area contributed by atoms with Crippen molar-refractivity contribution in [1.82, 2.24) is 4.98 Å². The number of aryl methyl sites for hydroxylation is 2. The lowest BCUT2D eigenvalue weighted by atomic mass is 9.94. The van der Waals surface area contributed by atoms with Gasteiger partial charge in [0.1, 0.15) is 5.82 Å². The number of amides is 1. The Morgan fingerprint density at radius 2 is 1.96 bits per heavy atom. The maximum absolute atomic E-state index is 13.3. The lowest BCUT2D eigenvalue weighted by Gasteiger charge is -2.35. The quantitative estimate of drug-likeness (QED) is 0.801. The van der Waals surface area contributed by atoms with Crippen LogP contribution in [0.1, 0.15) is 42.4 Å². The second-order valence-corrected chi connectivity index (χ2v) is 7.85. The summed E-state index contributed by atoms with van der Waals surface area (Å²) in [7, 11) is 0. The molecule has 28 heavy (non-hydrogen) atoms. The second-order valence-electron chi connectivity index (χ2n) is 7.85. The summed E-state index contributed by atoms with van der Waals surface area (Å²) in [6.45, 7) is 4.53. The van der Waals surface area contributed by atoms with Crippen LogP contribution in [0.25, 0.3) is 0 Å². The van der Waals surface area contributed by atoms with Crippen molar-refractivity contribution in [1.29, 1.82) is 5.26 Å². The van der Waals surface area contributed by atoms with E-state index in [1.165, 1.54) is 11.1 Å². The van der Waals surface area contributed by atoms with E-state index in [0.29, 0.717) is 5.56 Å². The van der Waals surface area contributed by atoms with Gasteiger partial charge in [-0.15, -0.1) is 0 Å². The Labute approximate surface area is 166 Å². The first-order valence-electron chi connectivity index (χ1n) is 10.2. The zero-order chi connectivity index (χ0) is 19.5. The van der Waals surface area contributed by atoms with Gasteiger partial charge in [0.15, 0.2) is 0 Å². The molecule has 3 heterocycles. The molecule has 2 aliphatic rings. The summed E-state index contributed by atoms with van der Waals surface area (Å²) in [5.41, 5.74) is 4.30. The molecule has 144 valence electrons. The van der Waals surface area contributed by atoms with Crippen LogP contribution in [0.5, 0.6) is 0 Å². The van der Waals surface area contributed by atoms with Gasteiger partial charge < -0.3 is 9.80 Å². The molecule has 1 amide bonds. The van der Waals surface area contributed by atoms with E-state index in [2.05, 4.69) is 41.1 Å². The van der Waals surface area contributed by atoms with E-state index >= 15 is 0 Å². The number of pyridine rings is 1. The van der Waals surface area contributed by atoms with E-state index in [1.54, 1.807) is 12.3 Å². The van der Waals surface area contributed by atoms with Crippen LogP contribution in [0.4, 0.5) is 11.5 Å². The number of nitriles is 1. The van der Waals surface area contributed by atoms with Crippen molar-refractivity contribution in [3.05, 3.63) is 53.2 Å². The van der Waals surface area contributed by atoms with E-state index in [1.807, 2.05) is 11.0 Å². The molecule has 4 rings (SSSR count). The Bertz CT molecular complexity index is 909. The number of carbonyl (C=O) groups excluding carboxylic acids is 1. The minimum atomic E-state index is 0.0580. The minimum Gasteiger partial charge on any atom is -0.357 e. The number of benzene rings is 1. The number of carbonyl (C=O) groups is 1. The first-order valence-corrected chi connectivity index (χ1v) is 10.2. The van der Waals surface area contributed by atoms with E-state index in [9.17, 15) is 4.79 Å². The van der Waals surface area contributed by atoms with Gasteiger partial charge in [-0.2, -0.15) is 5.26 Å². The Hall–Kier alpha value is -2.87. The number of anilines is 2. The molecule has 0 unspecified atom stereocenters. The highest BCUT2D eigenvalue weighted by molar-refractivity contribution is 5.96. The molecule has 0 aliphatic carbocycles. The van der Waals surface area contributed by atoms with Crippen molar-refractivity contribution in [3.63, 3.8) is 0 Å². The van der Waals surface area contributed by atoms with E-state index < -0.39 is 0 Å². The molecular weight excluding hydrogens is 348 g/mol. The van der Waals surface area contributed by atoms with Crippen molar-refractivity contribution in [2.45, 2.75) is 39.0 Å². The predicted octanol–water partition coefficient (Wildman–Crippen LogP) is 3.85. The van der Waals surface area contributed by atoms with Crippen molar-refractivity contribution in [2.24, 2.45) is 5.92 Å². The van der Waals surface area contributed by atoms with Gasteiger partial charge in [-0.25, -0.2) is 4.98 Å². The average Bonchev–Trinajstić information content (AvgIpc) is 2.95. The number of hydrogen-bond acceptors (Lipinski definition) is 4. The van der Waals surface area contributed by atoms with Crippen LogP contribution in [0.2, 0.25) is 0 Å². The third-order valence-corrected chi connectivity index (χ3v) is 5.91. The largest absolute Gasteiger partial charge is 0.357 e. The molecule has 1 aromatic carbocycles. The third-order valence-electron chi connectivity index (χ3n) is 5.91. The molecule has 0 N–H and O–H groups in total. The number of rotatable bonds is 2. The van der Waals surface area contributed by atoms with Gasteiger partial charge in [0.25, 0.3) is 0 Å². The van der Waals surface area contributed by atoms with E-state index in [-0.39, 0.29) is 11.8 Å². The number of piperidine rings is 1. The predicted molar refractivity (Wildman–Crippen MR) is 110 cm³/mol. The van der Waals surface area contributed by atoms with E-state index in [4.69, 9.17) is 5.26 Å².